The highest BCUT2D eigenvalue weighted by Gasteiger charge is 2.61. The second-order valence-electron chi connectivity index (χ2n) is 10.4. The van der Waals surface area contributed by atoms with Crippen LogP contribution < -0.4 is 5.32 Å². The molecule has 42 heavy (non-hydrogen) atoms. The number of hydrogen-bond acceptors (Lipinski definition) is 5. The average molecular weight is 594 g/mol. The van der Waals surface area contributed by atoms with Crippen LogP contribution in [0.15, 0.2) is 65.4 Å². The molecule has 4 aromatic rings. The van der Waals surface area contributed by atoms with Gasteiger partial charge in [0.05, 0.1) is 6.54 Å². The molecule has 3 aromatic carbocycles. The van der Waals surface area contributed by atoms with Crippen molar-refractivity contribution < 1.29 is 45.5 Å². The molecule has 1 aliphatic heterocycles. The average Bonchev–Trinajstić information content (AvgIpc) is 3.41. The van der Waals surface area contributed by atoms with E-state index in [0.29, 0.717) is 22.0 Å². The van der Waals surface area contributed by atoms with Gasteiger partial charge in [-0.05, 0) is 53.9 Å². The fraction of sp³-hybridized carbons (Fsp3) is 0.345. The Balaban J connectivity index is 1.42. The van der Waals surface area contributed by atoms with Crippen molar-refractivity contribution in [1.82, 2.24) is 15.2 Å². The fourth-order valence-electron chi connectivity index (χ4n) is 5.59. The Hall–Kier alpha value is -4.13. The van der Waals surface area contributed by atoms with Gasteiger partial charge in [0.2, 0.25) is 5.91 Å². The van der Waals surface area contributed by atoms with E-state index in [0.717, 1.165) is 21.4 Å². The lowest BCUT2D eigenvalue weighted by Crippen LogP contribution is -2.59. The Morgan fingerprint density at radius 1 is 0.952 bits per heavy atom. The van der Waals surface area contributed by atoms with E-state index in [9.17, 15) is 41.0 Å². The van der Waals surface area contributed by atoms with Crippen LogP contribution in [0.25, 0.3) is 33.0 Å². The van der Waals surface area contributed by atoms with Crippen LogP contribution in [0.2, 0.25) is 0 Å². The number of para-hydroxylation sites is 1. The van der Waals surface area contributed by atoms with E-state index in [1.807, 2.05) is 24.3 Å². The molecular weight excluding hydrogens is 568 g/mol. The first kappa shape index (κ1) is 29.4. The number of oxazole rings is 1. The number of aliphatic carboxylic acids is 1. The molecule has 1 aromatic heterocycles. The number of nitrogens with one attached hydrogen (secondary N) is 1. The second-order valence-corrected chi connectivity index (χ2v) is 10.4. The van der Waals surface area contributed by atoms with Crippen LogP contribution in [0.4, 0.5) is 26.3 Å². The summed E-state index contributed by atoms with van der Waals surface area (Å²) < 4.78 is 86.5. The van der Waals surface area contributed by atoms with E-state index < -0.39 is 68.2 Å². The van der Waals surface area contributed by atoms with Crippen molar-refractivity contribution in [2.75, 3.05) is 19.6 Å². The Kier molecular flexibility index (Phi) is 7.64. The minimum absolute atomic E-state index is 0.331. The third kappa shape index (κ3) is 5.65. The van der Waals surface area contributed by atoms with Crippen molar-refractivity contribution >= 4 is 33.7 Å². The van der Waals surface area contributed by atoms with Gasteiger partial charge in [-0.3, -0.25) is 9.69 Å². The highest BCUT2D eigenvalue weighted by Crippen LogP contribution is 2.47. The molecule has 7 nitrogen and oxygen atoms in total. The lowest BCUT2D eigenvalue weighted by molar-refractivity contribution is -0.236. The third-order valence-electron chi connectivity index (χ3n) is 7.78. The molecule has 222 valence electrons. The first-order valence-electron chi connectivity index (χ1n) is 13.0. The Labute approximate surface area is 235 Å². The monoisotopic (exact) mass is 593 g/mol. The summed E-state index contributed by atoms with van der Waals surface area (Å²) in [5.41, 5.74) is 0.133. The standard InChI is InChI=1S/C29H25F6N3O4/c30-28(31,32)15-38-12-10-27(11-13-38,29(33,34)35)26(41)37-23(25(39)40)14-17-4-1-6-19-18(17)5-2-7-20(19)21-8-3-9-22-24(21)42-16-36-22/h1-9,16,23H,10-15H2,(H,37,41)(H,39,40)/t23-/m0/s1. The topological polar surface area (TPSA) is 95.7 Å². The summed E-state index contributed by atoms with van der Waals surface area (Å²) in [5, 5.41) is 13.3. The van der Waals surface area contributed by atoms with Crippen LogP contribution in [0.1, 0.15) is 18.4 Å². The number of carboxylic acids is 1. The van der Waals surface area contributed by atoms with Crippen LogP contribution in [0.3, 0.4) is 0 Å². The number of rotatable bonds is 7. The van der Waals surface area contributed by atoms with E-state index in [-0.39, 0.29) is 6.42 Å². The largest absolute Gasteiger partial charge is 0.480 e. The van der Waals surface area contributed by atoms with Gasteiger partial charge in [0, 0.05) is 12.0 Å². The zero-order chi connectivity index (χ0) is 30.3. The molecule has 1 fully saturated rings. The summed E-state index contributed by atoms with van der Waals surface area (Å²) in [5.74, 6) is -3.11. The lowest BCUT2D eigenvalue weighted by atomic mass is 9.76. The lowest BCUT2D eigenvalue weighted by Gasteiger charge is -2.42. The molecule has 0 saturated carbocycles. The zero-order valence-electron chi connectivity index (χ0n) is 21.9. The minimum atomic E-state index is -5.10. The maximum absolute atomic E-state index is 14.2. The van der Waals surface area contributed by atoms with Crippen molar-refractivity contribution in [3.05, 3.63) is 66.6 Å². The van der Waals surface area contributed by atoms with Crippen LogP contribution >= 0.6 is 0 Å². The number of fused-ring (bicyclic) bond motifs is 2. The number of carboxylic acid groups (broad SMARTS) is 1. The summed E-state index contributed by atoms with van der Waals surface area (Å²) in [4.78, 5) is 30.3. The van der Waals surface area contributed by atoms with E-state index in [1.165, 1.54) is 6.39 Å². The normalized spacial score (nSPS) is 16.9. The summed E-state index contributed by atoms with van der Waals surface area (Å²) >= 11 is 0. The van der Waals surface area contributed by atoms with Gasteiger partial charge in [0.15, 0.2) is 12.0 Å². The first-order valence-corrected chi connectivity index (χ1v) is 13.0. The molecule has 1 amide bonds. The number of carbonyl (C=O) groups excluding carboxylic acids is 1. The number of halogens is 6. The number of amides is 1. The first-order chi connectivity index (χ1) is 19.8. The van der Waals surface area contributed by atoms with E-state index >= 15 is 0 Å². The van der Waals surface area contributed by atoms with Crippen molar-refractivity contribution in [2.45, 2.75) is 37.7 Å². The van der Waals surface area contributed by atoms with Crippen molar-refractivity contribution in [2.24, 2.45) is 5.41 Å². The number of benzene rings is 3. The molecule has 0 unspecified atom stereocenters. The second kappa shape index (κ2) is 10.9. The molecule has 13 heteroatoms. The minimum Gasteiger partial charge on any atom is -0.480 e. The number of alkyl halides is 6. The quantitative estimate of drug-likeness (QED) is 0.257. The van der Waals surface area contributed by atoms with Gasteiger partial charge in [0.25, 0.3) is 0 Å². The molecule has 0 aliphatic carbocycles. The molecule has 1 atom stereocenters. The number of carbonyl (C=O) groups is 2. The molecule has 0 spiro atoms. The van der Waals surface area contributed by atoms with Crippen LogP contribution in [-0.4, -0.2) is 64.9 Å². The van der Waals surface area contributed by atoms with Crippen LogP contribution in [0.5, 0.6) is 0 Å². The van der Waals surface area contributed by atoms with Gasteiger partial charge >= 0.3 is 18.3 Å². The van der Waals surface area contributed by atoms with Crippen molar-refractivity contribution in [3.63, 3.8) is 0 Å². The number of nitrogens with zero attached hydrogens (tertiary/aromatic N) is 2. The highest BCUT2D eigenvalue weighted by atomic mass is 19.4. The van der Waals surface area contributed by atoms with E-state index in [2.05, 4.69) is 10.3 Å². The number of aromatic nitrogens is 1. The van der Waals surface area contributed by atoms with Gasteiger partial charge in [-0.25, -0.2) is 9.78 Å². The van der Waals surface area contributed by atoms with Gasteiger partial charge in [-0.2, -0.15) is 26.3 Å². The number of hydrogen-bond donors (Lipinski definition) is 2. The number of likely N-dealkylation sites (tertiary alicyclic amines) is 1. The summed E-state index contributed by atoms with van der Waals surface area (Å²) in [7, 11) is 0. The molecule has 0 bridgehead atoms. The molecule has 2 N–H and O–H groups in total. The SMILES string of the molecule is O=C(O)[C@H](Cc1cccc2c(-c3cccc4ncoc34)cccc12)NC(=O)C1(C(F)(F)F)CCN(CC(F)(F)F)CC1. The van der Waals surface area contributed by atoms with Gasteiger partial charge in [-0.1, -0.05) is 48.5 Å². The smallest absolute Gasteiger partial charge is 0.403 e. The Morgan fingerprint density at radius 2 is 1.60 bits per heavy atom. The summed E-state index contributed by atoms with van der Waals surface area (Å²) in [6.45, 7) is -2.63. The van der Waals surface area contributed by atoms with Crippen LogP contribution in [-0.2, 0) is 16.0 Å². The third-order valence-corrected chi connectivity index (χ3v) is 7.78. The highest BCUT2D eigenvalue weighted by molar-refractivity contribution is 6.04. The maximum atomic E-state index is 14.2. The van der Waals surface area contributed by atoms with Gasteiger partial charge in [-0.15, -0.1) is 0 Å². The molecular formula is C29H25F6N3O4. The molecule has 1 aliphatic rings. The Bertz CT molecular complexity index is 1620. The molecule has 0 radical (unpaired) electrons. The zero-order valence-corrected chi connectivity index (χ0v) is 21.9. The van der Waals surface area contributed by atoms with Gasteiger partial charge in [0.1, 0.15) is 17.0 Å². The van der Waals surface area contributed by atoms with E-state index in [1.54, 1.807) is 30.3 Å². The molecule has 1 saturated heterocycles. The van der Waals surface area contributed by atoms with Gasteiger partial charge < -0.3 is 14.8 Å². The predicted molar refractivity (Wildman–Crippen MR) is 140 cm³/mol. The predicted octanol–water partition coefficient (Wildman–Crippen LogP) is 5.97. The molecule has 5 rings (SSSR count). The van der Waals surface area contributed by atoms with Crippen molar-refractivity contribution in [1.29, 1.82) is 0 Å². The summed E-state index contributed by atoms with van der Waals surface area (Å²) in [6.07, 6.45) is -10.6. The van der Waals surface area contributed by atoms with Crippen molar-refractivity contribution in [3.8, 4) is 11.1 Å². The fourth-order valence-corrected chi connectivity index (χ4v) is 5.59. The number of piperidine rings is 1. The summed E-state index contributed by atoms with van der Waals surface area (Å²) in [6, 6.07) is 14.2. The Morgan fingerprint density at radius 3 is 2.26 bits per heavy atom. The van der Waals surface area contributed by atoms with Crippen LogP contribution in [0, 0.1) is 5.41 Å². The van der Waals surface area contributed by atoms with E-state index in [4.69, 9.17) is 4.42 Å². The molecule has 2 heterocycles. The maximum Gasteiger partial charge on any atom is 0.403 e.